The second-order valence-electron chi connectivity index (χ2n) is 5.17. The number of hydrogen-bond donors (Lipinski definition) is 1. The van der Waals surface area contributed by atoms with E-state index in [0.717, 1.165) is 32.5 Å². The fraction of sp³-hybridized carbons (Fsp3) is 0.917. The lowest BCUT2D eigenvalue weighted by atomic mass is 9.97. The molecule has 15 heavy (non-hydrogen) atoms. The number of rotatable bonds is 3. The average molecular weight is 210 g/mol. The minimum absolute atomic E-state index is 0.159. The molecule has 1 heterocycles. The zero-order valence-corrected chi connectivity index (χ0v) is 9.88. The quantitative estimate of drug-likeness (QED) is 0.769. The summed E-state index contributed by atoms with van der Waals surface area (Å²) in [6.07, 6.45) is 5.65. The molecule has 0 aromatic rings. The Morgan fingerprint density at radius 3 is 2.73 bits per heavy atom. The highest BCUT2D eigenvalue weighted by molar-refractivity contribution is 5.88. The number of nitrogens with one attached hydrogen (secondary N) is 1. The van der Waals surface area contributed by atoms with Gasteiger partial charge in [-0.3, -0.25) is 10.1 Å². The molecular weight excluding hydrogens is 188 g/mol. The highest BCUT2D eigenvalue weighted by Crippen LogP contribution is 2.34. The molecule has 2 fully saturated rings. The monoisotopic (exact) mass is 210 g/mol. The van der Waals surface area contributed by atoms with Crippen molar-refractivity contribution in [2.24, 2.45) is 5.92 Å². The van der Waals surface area contributed by atoms with Crippen molar-refractivity contribution in [3.63, 3.8) is 0 Å². The Labute approximate surface area is 92.2 Å². The van der Waals surface area contributed by atoms with Gasteiger partial charge in [-0.15, -0.1) is 0 Å². The maximum atomic E-state index is 12.2. The summed E-state index contributed by atoms with van der Waals surface area (Å²) in [7, 11) is 0. The van der Waals surface area contributed by atoms with Gasteiger partial charge in [-0.2, -0.15) is 0 Å². The van der Waals surface area contributed by atoms with Crippen molar-refractivity contribution in [3.05, 3.63) is 0 Å². The molecule has 0 aromatic carbocycles. The van der Waals surface area contributed by atoms with Crippen LogP contribution in [0.15, 0.2) is 0 Å². The second-order valence-corrected chi connectivity index (χ2v) is 5.17. The Bertz CT molecular complexity index is 246. The molecule has 1 N–H and O–H groups in total. The molecule has 1 unspecified atom stereocenters. The van der Waals surface area contributed by atoms with E-state index >= 15 is 0 Å². The summed E-state index contributed by atoms with van der Waals surface area (Å²) >= 11 is 0. The first-order chi connectivity index (χ1) is 7.18. The average Bonchev–Trinajstić information content (AvgIpc) is 2.82. The molecule has 1 saturated carbocycles. The molecule has 1 saturated heterocycles. The zero-order valence-electron chi connectivity index (χ0n) is 9.88. The fourth-order valence-electron chi connectivity index (χ4n) is 2.72. The van der Waals surface area contributed by atoms with Gasteiger partial charge in [-0.1, -0.05) is 33.1 Å². The minimum atomic E-state index is -0.159. The van der Waals surface area contributed by atoms with Gasteiger partial charge in [0.25, 0.3) is 0 Å². The van der Waals surface area contributed by atoms with E-state index in [1.807, 2.05) is 4.90 Å². The highest BCUT2D eigenvalue weighted by Gasteiger charge is 2.47. The maximum Gasteiger partial charge on any atom is 0.243 e. The van der Waals surface area contributed by atoms with Crippen LogP contribution in [-0.4, -0.2) is 29.6 Å². The second kappa shape index (κ2) is 4.12. The number of amides is 1. The van der Waals surface area contributed by atoms with Crippen molar-refractivity contribution in [1.29, 1.82) is 0 Å². The molecule has 86 valence electrons. The third kappa shape index (κ3) is 1.89. The third-order valence-corrected chi connectivity index (χ3v) is 3.99. The summed E-state index contributed by atoms with van der Waals surface area (Å²) in [6.45, 7) is 6.09. The van der Waals surface area contributed by atoms with E-state index in [1.165, 1.54) is 12.8 Å². The summed E-state index contributed by atoms with van der Waals surface area (Å²) in [5.74, 6) is 0.979. The Hall–Kier alpha value is -0.570. The number of nitrogens with zero attached hydrogens (tertiary/aromatic N) is 1. The van der Waals surface area contributed by atoms with Gasteiger partial charge in [-0.05, 0) is 18.8 Å². The number of carbonyl (C=O) groups excluding carboxylic acids is 1. The smallest absolute Gasteiger partial charge is 0.243 e. The zero-order chi connectivity index (χ0) is 10.9. The van der Waals surface area contributed by atoms with Gasteiger partial charge in [0.2, 0.25) is 5.91 Å². The van der Waals surface area contributed by atoms with Crippen molar-refractivity contribution in [2.45, 2.75) is 51.5 Å². The van der Waals surface area contributed by atoms with Gasteiger partial charge in [0.05, 0.1) is 12.2 Å². The molecule has 3 nitrogen and oxygen atoms in total. The number of carbonyl (C=O) groups is 1. The maximum absolute atomic E-state index is 12.2. The molecular formula is C12H22N2O. The Morgan fingerprint density at radius 1 is 1.47 bits per heavy atom. The molecule has 2 rings (SSSR count). The van der Waals surface area contributed by atoms with E-state index in [-0.39, 0.29) is 5.54 Å². The number of hydrogen-bond acceptors (Lipinski definition) is 2. The standard InChI is InChI=1S/C12H22N2O/c1-3-10(2)8-14-9-13-12(11(14)15)6-4-5-7-12/h10,13H,3-9H2,1-2H3. The first-order valence-electron chi connectivity index (χ1n) is 6.22. The molecule has 0 aromatic heterocycles. The van der Waals surface area contributed by atoms with Gasteiger partial charge in [-0.25, -0.2) is 0 Å². The first kappa shape index (κ1) is 10.9. The molecule has 1 amide bonds. The topological polar surface area (TPSA) is 32.3 Å². The Balaban J connectivity index is 1.98. The van der Waals surface area contributed by atoms with Crippen LogP contribution in [0.3, 0.4) is 0 Å². The normalized spacial score (nSPS) is 26.5. The highest BCUT2D eigenvalue weighted by atomic mass is 16.2. The predicted octanol–water partition coefficient (Wildman–Crippen LogP) is 1.73. The van der Waals surface area contributed by atoms with E-state index in [1.54, 1.807) is 0 Å². The van der Waals surface area contributed by atoms with Gasteiger partial charge in [0.15, 0.2) is 0 Å². The van der Waals surface area contributed by atoms with Crippen molar-refractivity contribution in [1.82, 2.24) is 10.2 Å². The van der Waals surface area contributed by atoms with Crippen LogP contribution in [0.25, 0.3) is 0 Å². The van der Waals surface area contributed by atoms with Crippen molar-refractivity contribution in [3.8, 4) is 0 Å². The van der Waals surface area contributed by atoms with Gasteiger partial charge >= 0.3 is 0 Å². The summed E-state index contributed by atoms with van der Waals surface area (Å²) in [5.41, 5.74) is -0.159. The predicted molar refractivity (Wildman–Crippen MR) is 60.4 cm³/mol. The minimum Gasteiger partial charge on any atom is -0.328 e. The third-order valence-electron chi connectivity index (χ3n) is 3.99. The lowest BCUT2D eigenvalue weighted by Gasteiger charge is -2.23. The van der Waals surface area contributed by atoms with Crippen LogP contribution >= 0.6 is 0 Å². The summed E-state index contributed by atoms with van der Waals surface area (Å²) in [4.78, 5) is 14.3. The first-order valence-corrected chi connectivity index (χ1v) is 6.22. The summed E-state index contributed by atoms with van der Waals surface area (Å²) in [6, 6.07) is 0. The largest absolute Gasteiger partial charge is 0.328 e. The molecule has 1 aliphatic carbocycles. The lowest BCUT2D eigenvalue weighted by molar-refractivity contribution is -0.132. The van der Waals surface area contributed by atoms with Crippen LogP contribution in [0.1, 0.15) is 46.0 Å². The van der Waals surface area contributed by atoms with E-state index in [0.29, 0.717) is 11.8 Å². The molecule has 1 spiro atoms. The molecule has 3 heteroatoms. The van der Waals surface area contributed by atoms with Crippen LogP contribution in [0.4, 0.5) is 0 Å². The summed E-state index contributed by atoms with van der Waals surface area (Å²) < 4.78 is 0. The lowest BCUT2D eigenvalue weighted by Crippen LogP contribution is -2.44. The van der Waals surface area contributed by atoms with E-state index in [9.17, 15) is 4.79 Å². The molecule has 2 aliphatic rings. The SMILES string of the molecule is CCC(C)CN1CNC2(CCCC2)C1=O. The van der Waals surface area contributed by atoms with Crippen LogP contribution in [0, 0.1) is 5.92 Å². The molecule has 1 aliphatic heterocycles. The molecule has 0 bridgehead atoms. The van der Waals surface area contributed by atoms with E-state index in [4.69, 9.17) is 0 Å². The van der Waals surface area contributed by atoms with Gasteiger partial charge in [0, 0.05) is 6.54 Å². The molecule has 0 radical (unpaired) electrons. The van der Waals surface area contributed by atoms with E-state index in [2.05, 4.69) is 19.2 Å². The van der Waals surface area contributed by atoms with Crippen LogP contribution < -0.4 is 5.32 Å². The molecule has 1 atom stereocenters. The Morgan fingerprint density at radius 2 is 2.13 bits per heavy atom. The van der Waals surface area contributed by atoms with Crippen LogP contribution in [0.2, 0.25) is 0 Å². The van der Waals surface area contributed by atoms with Crippen molar-refractivity contribution >= 4 is 5.91 Å². The fourth-order valence-corrected chi connectivity index (χ4v) is 2.72. The summed E-state index contributed by atoms with van der Waals surface area (Å²) in [5, 5.41) is 3.44. The van der Waals surface area contributed by atoms with Gasteiger partial charge < -0.3 is 4.90 Å². The van der Waals surface area contributed by atoms with Crippen molar-refractivity contribution < 1.29 is 4.79 Å². The van der Waals surface area contributed by atoms with Crippen LogP contribution in [-0.2, 0) is 4.79 Å². The van der Waals surface area contributed by atoms with E-state index < -0.39 is 0 Å². The Kier molecular flexibility index (Phi) is 3.01. The van der Waals surface area contributed by atoms with Crippen LogP contribution in [0.5, 0.6) is 0 Å². The van der Waals surface area contributed by atoms with Gasteiger partial charge in [0.1, 0.15) is 0 Å². The van der Waals surface area contributed by atoms with Crippen molar-refractivity contribution in [2.75, 3.05) is 13.2 Å².